The van der Waals surface area contributed by atoms with Gasteiger partial charge in [-0.2, -0.15) is 0 Å². The van der Waals surface area contributed by atoms with Crippen molar-refractivity contribution < 1.29 is 9.53 Å². The lowest BCUT2D eigenvalue weighted by atomic mass is 10.0. The second-order valence-electron chi connectivity index (χ2n) is 6.59. The number of methoxy groups -OCH3 is 1. The van der Waals surface area contributed by atoms with Crippen LogP contribution in [-0.4, -0.2) is 35.2 Å². The molecule has 1 atom stereocenters. The van der Waals surface area contributed by atoms with Crippen LogP contribution in [0.2, 0.25) is 0 Å². The topological polar surface area (TPSA) is 42.4 Å². The van der Waals surface area contributed by atoms with Crippen LogP contribution < -0.4 is 4.74 Å². The van der Waals surface area contributed by atoms with Crippen molar-refractivity contribution in [3.63, 3.8) is 0 Å². The molecule has 4 rings (SSSR count). The number of hydrogen-bond donors (Lipinski definition) is 0. The molecule has 0 aliphatic carbocycles. The number of rotatable bonds is 6. The third-order valence-corrected chi connectivity index (χ3v) is 7.01. The van der Waals surface area contributed by atoms with Crippen molar-refractivity contribution >= 4 is 39.2 Å². The first-order chi connectivity index (χ1) is 13.2. The Labute approximate surface area is 167 Å². The fourth-order valence-electron chi connectivity index (χ4n) is 3.53. The number of fused-ring (bicyclic) bond motifs is 1. The van der Waals surface area contributed by atoms with E-state index >= 15 is 0 Å². The Morgan fingerprint density at radius 1 is 1.26 bits per heavy atom. The molecule has 2 heterocycles. The molecule has 0 N–H and O–H groups in total. The number of thiazole rings is 1. The number of carbonyl (C=O) groups is 1. The predicted octanol–water partition coefficient (Wildman–Crippen LogP) is 4.90. The highest BCUT2D eigenvalue weighted by molar-refractivity contribution is 7.99. The van der Waals surface area contributed by atoms with E-state index in [1.54, 1.807) is 30.2 Å². The third kappa shape index (κ3) is 4.12. The van der Waals surface area contributed by atoms with Crippen LogP contribution in [0.4, 0.5) is 0 Å². The molecule has 0 saturated carbocycles. The Kier molecular flexibility index (Phi) is 5.64. The molecule has 0 unspecified atom stereocenters. The Hall–Kier alpha value is -2.05. The molecule has 2 aromatic carbocycles. The van der Waals surface area contributed by atoms with Crippen LogP contribution in [0.1, 0.15) is 29.5 Å². The zero-order valence-electron chi connectivity index (χ0n) is 15.3. The minimum Gasteiger partial charge on any atom is -0.497 e. The molecule has 1 aliphatic heterocycles. The summed E-state index contributed by atoms with van der Waals surface area (Å²) in [7, 11) is 1.67. The third-order valence-electron chi connectivity index (χ3n) is 4.86. The van der Waals surface area contributed by atoms with Gasteiger partial charge in [-0.25, -0.2) is 4.98 Å². The van der Waals surface area contributed by atoms with E-state index in [9.17, 15) is 4.79 Å². The maximum Gasteiger partial charge on any atom is 0.233 e. The minimum absolute atomic E-state index is 0.187. The highest BCUT2D eigenvalue weighted by atomic mass is 32.2. The van der Waals surface area contributed by atoms with Crippen LogP contribution in [0.25, 0.3) is 10.2 Å². The van der Waals surface area contributed by atoms with Gasteiger partial charge in [0.1, 0.15) is 10.8 Å². The molecule has 27 heavy (non-hydrogen) atoms. The van der Waals surface area contributed by atoms with Crippen LogP contribution in [0, 0.1) is 0 Å². The predicted molar refractivity (Wildman–Crippen MR) is 112 cm³/mol. The molecule has 1 aliphatic rings. The van der Waals surface area contributed by atoms with Crippen LogP contribution in [0.15, 0.2) is 48.5 Å². The average molecular weight is 399 g/mol. The Morgan fingerprint density at radius 2 is 2.07 bits per heavy atom. The highest BCUT2D eigenvalue weighted by Crippen LogP contribution is 2.33. The second-order valence-corrected chi connectivity index (χ2v) is 8.69. The number of carbonyl (C=O) groups excluding carboxylic acids is 1. The lowest BCUT2D eigenvalue weighted by Crippen LogP contribution is -2.32. The summed E-state index contributed by atoms with van der Waals surface area (Å²) in [5.74, 6) is 2.36. The van der Waals surface area contributed by atoms with E-state index in [0.29, 0.717) is 5.75 Å². The quantitative estimate of drug-likeness (QED) is 0.592. The number of hydrogen-bond acceptors (Lipinski definition) is 5. The minimum atomic E-state index is 0.187. The number of benzene rings is 2. The van der Waals surface area contributed by atoms with Crippen molar-refractivity contribution in [3.8, 4) is 5.75 Å². The summed E-state index contributed by atoms with van der Waals surface area (Å²) in [6.45, 7) is 0.844. The molecule has 6 heteroatoms. The van der Waals surface area contributed by atoms with Crippen molar-refractivity contribution in [2.45, 2.75) is 24.6 Å². The van der Waals surface area contributed by atoms with Crippen LogP contribution in [0.3, 0.4) is 0 Å². The summed E-state index contributed by atoms with van der Waals surface area (Å²) < 4.78 is 6.44. The first-order valence-corrected chi connectivity index (χ1v) is 11.1. The van der Waals surface area contributed by atoms with Crippen molar-refractivity contribution in [1.82, 2.24) is 9.88 Å². The summed E-state index contributed by atoms with van der Waals surface area (Å²) in [5, 5.41) is 1.09. The SMILES string of the molecule is COc1ccc([C@@H]2CCCN2C(=O)CSCc2nc3ccccc3s2)cc1. The number of thioether (sulfide) groups is 1. The van der Waals surface area contributed by atoms with Crippen molar-refractivity contribution in [2.75, 3.05) is 19.4 Å². The van der Waals surface area contributed by atoms with Gasteiger partial charge in [0.05, 0.1) is 29.1 Å². The summed E-state index contributed by atoms with van der Waals surface area (Å²) >= 11 is 3.37. The van der Waals surface area contributed by atoms with Gasteiger partial charge in [0.2, 0.25) is 5.91 Å². The van der Waals surface area contributed by atoms with Crippen LogP contribution in [-0.2, 0) is 10.5 Å². The number of likely N-dealkylation sites (tertiary alicyclic amines) is 1. The molecule has 4 nitrogen and oxygen atoms in total. The van der Waals surface area contributed by atoms with Crippen molar-refractivity contribution in [2.24, 2.45) is 0 Å². The number of amides is 1. The number of aromatic nitrogens is 1. The van der Waals surface area contributed by atoms with E-state index in [2.05, 4.69) is 23.2 Å². The van der Waals surface area contributed by atoms with Crippen molar-refractivity contribution in [3.05, 3.63) is 59.1 Å². The van der Waals surface area contributed by atoms with Gasteiger partial charge in [0, 0.05) is 12.3 Å². The largest absolute Gasteiger partial charge is 0.497 e. The Morgan fingerprint density at radius 3 is 2.85 bits per heavy atom. The monoisotopic (exact) mass is 398 g/mol. The van der Waals surface area contributed by atoms with E-state index in [1.165, 1.54) is 10.3 Å². The number of nitrogens with zero attached hydrogens (tertiary/aromatic N) is 2. The van der Waals surface area contributed by atoms with Gasteiger partial charge in [-0.1, -0.05) is 24.3 Å². The molecular formula is C21H22N2O2S2. The van der Waals surface area contributed by atoms with Gasteiger partial charge in [0.15, 0.2) is 0 Å². The molecule has 0 radical (unpaired) electrons. The van der Waals surface area contributed by atoms with E-state index in [4.69, 9.17) is 4.74 Å². The molecule has 1 aromatic heterocycles. The fourth-order valence-corrected chi connectivity index (χ4v) is 5.46. The molecule has 1 amide bonds. The first kappa shape index (κ1) is 18.3. The summed E-state index contributed by atoms with van der Waals surface area (Å²) in [6, 6.07) is 16.4. The smallest absolute Gasteiger partial charge is 0.233 e. The van der Waals surface area contributed by atoms with Crippen LogP contribution in [0.5, 0.6) is 5.75 Å². The number of para-hydroxylation sites is 1. The highest BCUT2D eigenvalue weighted by Gasteiger charge is 2.29. The van der Waals surface area contributed by atoms with Gasteiger partial charge in [-0.05, 0) is 42.7 Å². The maximum absolute atomic E-state index is 12.8. The Bertz CT molecular complexity index is 890. The van der Waals surface area contributed by atoms with Gasteiger partial charge < -0.3 is 9.64 Å². The fraction of sp³-hybridized carbons (Fsp3) is 0.333. The molecule has 1 saturated heterocycles. The number of ether oxygens (including phenoxy) is 1. The van der Waals surface area contributed by atoms with Gasteiger partial charge in [0.25, 0.3) is 0 Å². The van der Waals surface area contributed by atoms with E-state index in [0.717, 1.165) is 41.4 Å². The molecule has 3 aromatic rings. The van der Waals surface area contributed by atoms with Gasteiger partial charge in [-0.15, -0.1) is 23.1 Å². The van der Waals surface area contributed by atoms with Gasteiger partial charge >= 0.3 is 0 Å². The lowest BCUT2D eigenvalue weighted by Gasteiger charge is -2.25. The standard InChI is InChI=1S/C21H22N2O2S2/c1-25-16-10-8-15(9-11-16)18-6-4-12-23(18)21(24)14-26-13-20-22-17-5-2-3-7-19(17)27-20/h2-3,5,7-11,18H,4,6,12-14H2,1H3/t18-/m0/s1. The second kappa shape index (κ2) is 8.31. The summed E-state index contributed by atoms with van der Waals surface area (Å²) in [4.78, 5) is 19.5. The molecular weight excluding hydrogens is 376 g/mol. The first-order valence-electron chi connectivity index (χ1n) is 9.10. The summed E-state index contributed by atoms with van der Waals surface area (Å²) in [6.07, 6.45) is 2.09. The average Bonchev–Trinajstić information content (AvgIpc) is 3.34. The lowest BCUT2D eigenvalue weighted by molar-refractivity contribution is -0.129. The maximum atomic E-state index is 12.8. The van der Waals surface area contributed by atoms with Gasteiger partial charge in [-0.3, -0.25) is 4.79 Å². The summed E-state index contributed by atoms with van der Waals surface area (Å²) in [5.41, 5.74) is 2.24. The van der Waals surface area contributed by atoms with Crippen LogP contribution >= 0.6 is 23.1 Å². The molecule has 0 spiro atoms. The normalized spacial score (nSPS) is 16.8. The molecule has 0 bridgehead atoms. The van der Waals surface area contributed by atoms with E-state index in [1.807, 2.05) is 35.2 Å². The molecule has 1 fully saturated rings. The van der Waals surface area contributed by atoms with E-state index < -0.39 is 0 Å². The zero-order valence-corrected chi connectivity index (χ0v) is 16.9. The van der Waals surface area contributed by atoms with Crippen molar-refractivity contribution in [1.29, 1.82) is 0 Å². The van der Waals surface area contributed by atoms with E-state index in [-0.39, 0.29) is 11.9 Å². The Balaban J connectivity index is 1.35. The molecule has 140 valence electrons. The zero-order chi connectivity index (χ0) is 18.6.